The van der Waals surface area contributed by atoms with Crippen molar-refractivity contribution < 1.29 is 19.4 Å². The van der Waals surface area contributed by atoms with Gasteiger partial charge in [-0.25, -0.2) is 0 Å². The minimum Gasteiger partial charge on any atom is -0.508 e. The third kappa shape index (κ3) is 2.86. The molecule has 6 heteroatoms. The number of hydrogen-bond donors (Lipinski definition) is 2. The molecule has 0 bridgehead atoms. The minimum absolute atomic E-state index is 0.0332. The highest BCUT2D eigenvalue weighted by Crippen LogP contribution is 2.36. The quantitative estimate of drug-likeness (QED) is 0.888. The summed E-state index contributed by atoms with van der Waals surface area (Å²) in [5.41, 5.74) is 0.435. The van der Waals surface area contributed by atoms with E-state index in [1.54, 1.807) is 13.0 Å². The van der Waals surface area contributed by atoms with Gasteiger partial charge in [-0.1, -0.05) is 12.8 Å². The van der Waals surface area contributed by atoms with Crippen LogP contribution in [0.5, 0.6) is 11.5 Å². The van der Waals surface area contributed by atoms with Crippen molar-refractivity contribution in [1.82, 2.24) is 5.32 Å². The molecule has 1 unspecified atom stereocenters. The van der Waals surface area contributed by atoms with Gasteiger partial charge in [-0.2, -0.15) is 0 Å². The average Bonchev–Trinajstić information content (AvgIpc) is 2.97. The number of benzene rings is 1. The number of nitrogens with zero attached hydrogens (tertiary/aromatic N) is 1. The summed E-state index contributed by atoms with van der Waals surface area (Å²) in [6.07, 6.45) is 3.62. The van der Waals surface area contributed by atoms with Crippen molar-refractivity contribution >= 4 is 17.5 Å². The van der Waals surface area contributed by atoms with Gasteiger partial charge in [0.05, 0.1) is 5.69 Å². The third-order valence-electron chi connectivity index (χ3n) is 4.17. The number of fused-ring (bicyclic) bond motifs is 1. The van der Waals surface area contributed by atoms with Crippen LogP contribution in [0.3, 0.4) is 0 Å². The fraction of sp³-hybridized carbons (Fsp3) is 0.500. The molecule has 1 aromatic rings. The van der Waals surface area contributed by atoms with Crippen LogP contribution in [0.4, 0.5) is 5.69 Å². The Morgan fingerprint density at radius 1 is 1.41 bits per heavy atom. The van der Waals surface area contributed by atoms with E-state index < -0.39 is 6.10 Å². The average molecular weight is 304 g/mol. The van der Waals surface area contributed by atoms with Crippen LogP contribution in [0.15, 0.2) is 18.2 Å². The van der Waals surface area contributed by atoms with E-state index in [9.17, 15) is 14.7 Å². The van der Waals surface area contributed by atoms with E-state index in [-0.39, 0.29) is 30.2 Å². The lowest BCUT2D eigenvalue weighted by atomic mass is 10.1. The molecule has 1 aliphatic carbocycles. The molecule has 2 amide bonds. The van der Waals surface area contributed by atoms with E-state index in [2.05, 4.69) is 5.32 Å². The number of carbonyl (C=O) groups excluding carboxylic acids is 2. The van der Waals surface area contributed by atoms with Crippen molar-refractivity contribution in [3.63, 3.8) is 0 Å². The number of nitrogens with one attached hydrogen (secondary N) is 1. The minimum atomic E-state index is -0.642. The topological polar surface area (TPSA) is 78.9 Å². The molecular weight excluding hydrogens is 284 g/mol. The maximum absolute atomic E-state index is 12.3. The lowest BCUT2D eigenvalue weighted by Crippen LogP contribution is -2.49. The molecule has 0 radical (unpaired) electrons. The molecule has 2 aliphatic rings. The van der Waals surface area contributed by atoms with Crippen LogP contribution in [0.1, 0.15) is 32.6 Å². The largest absolute Gasteiger partial charge is 0.508 e. The molecule has 118 valence electrons. The highest BCUT2D eigenvalue weighted by molar-refractivity contribution is 6.03. The van der Waals surface area contributed by atoms with Gasteiger partial charge in [0.25, 0.3) is 5.91 Å². The summed E-state index contributed by atoms with van der Waals surface area (Å²) in [6, 6.07) is 4.76. The van der Waals surface area contributed by atoms with Crippen molar-refractivity contribution in [1.29, 1.82) is 0 Å². The molecule has 0 saturated heterocycles. The SMILES string of the molecule is CC1Oc2ccc(O)cc2N(CC(=O)NC2CCCC2)C1=O. The lowest BCUT2D eigenvalue weighted by molar-refractivity contribution is -0.128. The maximum Gasteiger partial charge on any atom is 0.268 e. The molecule has 1 aromatic carbocycles. The fourth-order valence-electron chi connectivity index (χ4n) is 3.05. The predicted molar refractivity (Wildman–Crippen MR) is 80.9 cm³/mol. The first-order chi connectivity index (χ1) is 10.5. The molecule has 0 aromatic heterocycles. The number of amides is 2. The molecule has 22 heavy (non-hydrogen) atoms. The van der Waals surface area contributed by atoms with E-state index in [0.717, 1.165) is 25.7 Å². The van der Waals surface area contributed by atoms with Crippen molar-refractivity contribution in [2.45, 2.75) is 44.8 Å². The van der Waals surface area contributed by atoms with Crippen LogP contribution in [0.2, 0.25) is 0 Å². The number of anilines is 1. The number of phenolic OH excluding ortho intramolecular Hbond substituents is 1. The Morgan fingerprint density at radius 3 is 2.86 bits per heavy atom. The standard InChI is InChI=1S/C16H20N2O4/c1-10-16(21)18(9-15(20)17-11-4-2-3-5-11)13-8-12(19)6-7-14(13)22-10/h6-8,10-11,19H,2-5,9H2,1H3,(H,17,20). The van der Waals surface area contributed by atoms with E-state index in [0.29, 0.717) is 11.4 Å². The second-order valence-corrected chi connectivity index (χ2v) is 5.89. The first-order valence-corrected chi connectivity index (χ1v) is 7.65. The predicted octanol–water partition coefficient (Wildman–Crippen LogP) is 1.56. The molecular formula is C16H20N2O4. The molecule has 1 atom stereocenters. The number of aromatic hydroxyl groups is 1. The molecule has 0 spiro atoms. The Bertz CT molecular complexity index is 596. The first kappa shape index (κ1) is 14.7. The Morgan fingerprint density at radius 2 is 2.14 bits per heavy atom. The maximum atomic E-state index is 12.3. The number of phenols is 1. The number of rotatable bonds is 3. The molecule has 3 rings (SSSR count). The zero-order valence-corrected chi connectivity index (χ0v) is 12.5. The van der Waals surface area contributed by atoms with Crippen molar-refractivity contribution in [2.24, 2.45) is 0 Å². The highest BCUT2D eigenvalue weighted by Gasteiger charge is 2.33. The molecule has 1 saturated carbocycles. The second kappa shape index (κ2) is 5.87. The van der Waals surface area contributed by atoms with Gasteiger partial charge >= 0.3 is 0 Å². The van der Waals surface area contributed by atoms with Gasteiger partial charge < -0.3 is 15.2 Å². The summed E-state index contributed by atoms with van der Waals surface area (Å²) < 4.78 is 5.51. The van der Waals surface area contributed by atoms with Crippen LogP contribution < -0.4 is 15.0 Å². The van der Waals surface area contributed by atoms with E-state index >= 15 is 0 Å². The summed E-state index contributed by atoms with van der Waals surface area (Å²) in [5.74, 6) is 0.0767. The zero-order valence-electron chi connectivity index (χ0n) is 12.5. The summed E-state index contributed by atoms with van der Waals surface area (Å²) in [4.78, 5) is 25.9. The van der Waals surface area contributed by atoms with Gasteiger partial charge in [0.1, 0.15) is 18.0 Å². The van der Waals surface area contributed by atoms with E-state index in [1.807, 2.05) is 0 Å². The fourth-order valence-corrected chi connectivity index (χ4v) is 3.05. The Balaban J connectivity index is 1.77. The van der Waals surface area contributed by atoms with Gasteiger partial charge in [0, 0.05) is 12.1 Å². The van der Waals surface area contributed by atoms with Gasteiger partial charge in [-0.05, 0) is 31.9 Å². The summed E-state index contributed by atoms with van der Waals surface area (Å²) in [7, 11) is 0. The van der Waals surface area contributed by atoms with E-state index in [4.69, 9.17) is 4.74 Å². The van der Waals surface area contributed by atoms with Crippen LogP contribution in [-0.4, -0.2) is 35.6 Å². The molecule has 1 aliphatic heterocycles. The van der Waals surface area contributed by atoms with Crippen LogP contribution >= 0.6 is 0 Å². The molecule has 6 nitrogen and oxygen atoms in total. The van der Waals surface area contributed by atoms with Gasteiger partial charge in [0.2, 0.25) is 5.91 Å². The number of ether oxygens (including phenoxy) is 1. The van der Waals surface area contributed by atoms with Crippen molar-refractivity contribution in [3.8, 4) is 11.5 Å². The van der Waals surface area contributed by atoms with Crippen LogP contribution in [0.25, 0.3) is 0 Å². The summed E-state index contributed by atoms with van der Waals surface area (Å²) >= 11 is 0. The first-order valence-electron chi connectivity index (χ1n) is 7.65. The van der Waals surface area contributed by atoms with Crippen molar-refractivity contribution in [2.75, 3.05) is 11.4 Å². The van der Waals surface area contributed by atoms with Crippen LogP contribution in [0, 0.1) is 0 Å². The Hall–Kier alpha value is -2.24. The molecule has 1 fully saturated rings. The second-order valence-electron chi connectivity index (χ2n) is 5.89. The summed E-state index contributed by atoms with van der Waals surface area (Å²) in [5, 5.41) is 12.6. The highest BCUT2D eigenvalue weighted by atomic mass is 16.5. The Labute approximate surface area is 129 Å². The monoisotopic (exact) mass is 304 g/mol. The zero-order chi connectivity index (χ0) is 15.7. The van der Waals surface area contributed by atoms with Crippen LogP contribution in [-0.2, 0) is 9.59 Å². The normalized spacial score (nSPS) is 21.4. The lowest BCUT2D eigenvalue weighted by Gasteiger charge is -2.32. The van der Waals surface area contributed by atoms with E-state index in [1.165, 1.54) is 17.0 Å². The van der Waals surface area contributed by atoms with Gasteiger partial charge in [-0.3, -0.25) is 14.5 Å². The smallest absolute Gasteiger partial charge is 0.268 e. The van der Waals surface area contributed by atoms with Crippen molar-refractivity contribution in [3.05, 3.63) is 18.2 Å². The van der Waals surface area contributed by atoms with Gasteiger partial charge in [-0.15, -0.1) is 0 Å². The number of hydrogen-bond acceptors (Lipinski definition) is 4. The van der Waals surface area contributed by atoms with Gasteiger partial charge in [0.15, 0.2) is 6.10 Å². The third-order valence-corrected chi connectivity index (χ3v) is 4.17. The summed E-state index contributed by atoms with van der Waals surface area (Å²) in [6.45, 7) is 1.60. The molecule has 1 heterocycles. The number of carbonyl (C=O) groups is 2. The Kier molecular flexibility index (Phi) is 3.92. The molecule has 2 N–H and O–H groups in total.